The highest BCUT2D eigenvalue weighted by Gasteiger charge is 2.25. The number of anilines is 1. The van der Waals surface area contributed by atoms with Crippen LogP contribution in [0.15, 0.2) is 18.2 Å². The van der Waals surface area contributed by atoms with Gasteiger partial charge in [0.2, 0.25) is 0 Å². The van der Waals surface area contributed by atoms with Gasteiger partial charge in [-0.1, -0.05) is 6.92 Å². The zero-order valence-corrected chi connectivity index (χ0v) is 15.9. The predicted molar refractivity (Wildman–Crippen MR) is 103 cm³/mol. The van der Waals surface area contributed by atoms with Crippen molar-refractivity contribution in [2.75, 3.05) is 42.7 Å². The van der Waals surface area contributed by atoms with Crippen molar-refractivity contribution in [3.63, 3.8) is 0 Å². The van der Waals surface area contributed by atoms with E-state index in [0.29, 0.717) is 37.7 Å². The largest absolute Gasteiger partial charge is 0.480 e. The Hall–Kier alpha value is -2.33. The Morgan fingerprint density at radius 2 is 2.11 bits per heavy atom. The van der Waals surface area contributed by atoms with Crippen molar-refractivity contribution in [3.05, 3.63) is 33.9 Å². The molecule has 0 spiro atoms. The number of rotatable bonds is 9. The number of morpholine rings is 1. The van der Waals surface area contributed by atoms with E-state index in [2.05, 4.69) is 5.32 Å². The molecule has 10 heteroatoms. The number of carbonyl (C=O) groups is 2. The SMILES string of the molecule is CCSCCC(NC(=O)c1ccc(N2CCOCC2)c([N+](=O)[O-])c1)C(=O)O. The zero-order chi connectivity index (χ0) is 19.8. The molecule has 1 aromatic carbocycles. The van der Waals surface area contributed by atoms with Gasteiger partial charge in [-0.05, 0) is 30.1 Å². The summed E-state index contributed by atoms with van der Waals surface area (Å²) in [6, 6.07) is 3.17. The lowest BCUT2D eigenvalue weighted by Crippen LogP contribution is -2.41. The molecule has 27 heavy (non-hydrogen) atoms. The highest BCUT2D eigenvalue weighted by atomic mass is 32.2. The van der Waals surface area contributed by atoms with Crippen LogP contribution in [0.3, 0.4) is 0 Å². The summed E-state index contributed by atoms with van der Waals surface area (Å²) in [7, 11) is 0. The van der Waals surface area contributed by atoms with Gasteiger partial charge in [-0.25, -0.2) is 4.79 Å². The molecular formula is C17H23N3O6S. The standard InChI is InChI=1S/C17H23N3O6S/c1-2-27-10-5-13(17(22)23)18-16(21)12-3-4-14(15(11-12)20(24)25)19-6-8-26-9-7-19/h3-4,11,13H,2,5-10H2,1H3,(H,18,21)(H,22,23). The van der Waals surface area contributed by atoms with Gasteiger partial charge in [0.1, 0.15) is 11.7 Å². The molecule has 1 amide bonds. The molecule has 0 bridgehead atoms. The molecule has 0 aliphatic carbocycles. The third kappa shape index (κ3) is 5.83. The Balaban J connectivity index is 2.16. The number of carboxylic acid groups (broad SMARTS) is 1. The van der Waals surface area contributed by atoms with Gasteiger partial charge < -0.3 is 20.1 Å². The molecule has 1 fully saturated rings. The van der Waals surface area contributed by atoms with Gasteiger partial charge in [0.25, 0.3) is 11.6 Å². The van der Waals surface area contributed by atoms with Crippen LogP contribution in [0.1, 0.15) is 23.7 Å². The van der Waals surface area contributed by atoms with Gasteiger partial charge in [-0.15, -0.1) is 0 Å². The first-order valence-corrected chi connectivity index (χ1v) is 9.82. The number of carbonyl (C=O) groups excluding carboxylic acids is 1. The smallest absolute Gasteiger partial charge is 0.326 e. The normalized spacial score (nSPS) is 15.2. The van der Waals surface area contributed by atoms with E-state index in [1.807, 2.05) is 11.8 Å². The number of nitro groups is 1. The maximum absolute atomic E-state index is 12.4. The molecule has 148 valence electrons. The first-order chi connectivity index (χ1) is 12.9. The number of hydrogen-bond acceptors (Lipinski definition) is 7. The molecule has 1 heterocycles. The van der Waals surface area contributed by atoms with Crippen LogP contribution < -0.4 is 10.2 Å². The summed E-state index contributed by atoms with van der Waals surface area (Å²) in [6.45, 7) is 3.99. The van der Waals surface area contributed by atoms with E-state index in [-0.39, 0.29) is 17.7 Å². The number of nitrogens with one attached hydrogen (secondary N) is 1. The number of carboxylic acids is 1. The predicted octanol–water partition coefficient (Wildman–Crippen LogP) is 1.76. The van der Waals surface area contributed by atoms with E-state index in [0.717, 1.165) is 5.75 Å². The average Bonchev–Trinajstić information content (AvgIpc) is 2.67. The highest BCUT2D eigenvalue weighted by molar-refractivity contribution is 7.99. The molecule has 1 aliphatic heterocycles. The summed E-state index contributed by atoms with van der Waals surface area (Å²) in [5.41, 5.74) is 0.306. The second kappa shape index (κ2) is 10.1. The van der Waals surface area contributed by atoms with Crippen molar-refractivity contribution in [2.45, 2.75) is 19.4 Å². The van der Waals surface area contributed by atoms with Gasteiger partial charge in [0.15, 0.2) is 0 Å². The monoisotopic (exact) mass is 397 g/mol. The van der Waals surface area contributed by atoms with E-state index in [9.17, 15) is 24.8 Å². The zero-order valence-electron chi connectivity index (χ0n) is 15.1. The maximum Gasteiger partial charge on any atom is 0.326 e. The minimum atomic E-state index is -1.13. The number of nitro benzene ring substituents is 1. The second-order valence-corrected chi connectivity index (χ2v) is 7.30. The summed E-state index contributed by atoms with van der Waals surface area (Å²) >= 11 is 1.58. The fourth-order valence-electron chi connectivity index (χ4n) is 2.73. The van der Waals surface area contributed by atoms with Crippen molar-refractivity contribution in [1.82, 2.24) is 5.32 Å². The van der Waals surface area contributed by atoms with E-state index in [1.165, 1.54) is 18.2 Å². The fraction of sp³-hybridized carbons (Fsp3) is 0.529. The number of benzene rings is 1. The van der Waals surface area contributed by atoms with Gasteiger partial charge >= 0.3 is 5.97 Å². The van der Waals surface area contributed by atoms with Crippen molar-refractivity contribution in [1.29, 1.82) is 0 Å². The minimum Gasteiger partial charge on any atom is -0.480 e. The molecule has 9 nitrogen and oxygen atoms in total. The minimum absolute atomic E-state index is 0.0631. The van der Waals surface area contributed by atoms with Crippen LogP contribution in [-0.4, -0.2) is 65.8 Å². The number of nitrogens with zero attached hydrogens (tertiary/aromatic N) is 2. The Labute approximate surface area is 161 Å². The maximum atomic E-state index is 12.4. The van der Waals surface area contributed by atoms with Crippen molar-refractivity contribution < 1.29 is 24.4 Å². The van der Waals surface area contributed by atoms with Gasteiger partial charge in [-0.3, -0.25) is 14.9 Å². The number of amides is 1. The summed E-state index contributed by atoms with van der Waals surface area (Å²) in [5.74, 6) is -0.306. The molecule has 0 radical (unpaired) electrons. The molecule has 1 atom stereocenters. The highest BCUT2D eigenvalue weighted by Crippen LogP contribution is 2.30. The molecule has 2 rings (SSSR count). The molecule has 1 saturated heterocycles. The van der Waals surface area contributed by atoms with Gasteiger partial charge in [0, 0.05) is 24.7 Å². The first-order valence-electron chi connectivity index (χ1n) is 8.66. The molecule has 2 N–H and O–H groups in total. The molecule has 1 aromatic rings. The molecular weight excluding hydrogens is 374 g/mol. The molecule has 0 aromatic heterocycles. The number of hydrogen-bond donors (Lipinski definition) is 2. The van der Waals surface area contributed by atoms with E-state index in [1.54, 1.807) is 11.8 Å². The summed E-state index contributed by atoms with van der Waals surface area (Å²) in [5, 5.41) is 23.2. The lowest BCUT2D eigenvalue weighted by atomic mass is 10.1. The van der Waals surface area contributed by atoms with Crippen molar-refractivity contribution in [2.24, 2.45) is 0 Å². The lowest BCUT2D eigenvalue weighted by molar-refractivity contribution is -0.384. The Morgan fingerprint density at radius 3 is 2.70 bits per heavy atom. The van der Waals surface area contributed by atoms with Crippen LogP contribution in [0, 0.1) is 10.1 Å². The van der Waals surface area contributed by atoms with E-state index >= 15 is 0 Å². The van der Waals surface area contributed by atoms with Crippen molar-refractivity contribution in [3.8, 4) is 0 Å². The van der Waals surface area contributed by atoms with Gasteiger partial charge in [0.05, 0.1) is 18.1 Å². The van der Waals surface area contributed by atoms with Crippen LogP contribution in [-0.2, 0) is 9.53 Å². The number of aliphatic carboxylic acids is 1. The number of thioether (sulfide) groups is 1. The van der Waals surface area contributed by atoms with Gasteiger partial charge in [-0.2, -0.15) is 11.8 Å². The Bertz CT molecular complexity index is 693. The topological polar surface area (TPSA) is 122 Å². The fourth-order valence-corrected chi connectivity index (χ4v) is 3.42. The van der Waals surface area contributed by atoms with Crippen LogP contribution in [0.2, 0.25) is 0 Å². The molecule has 1 unspecified atom stereocenters. The average molecular weight is 397 g/mol. The van der Waals surface area contributed by atoms with E-state index in [4.69, 9.17) is 4.74 Å². The van der Waals surface area contributed by atoms with Crippen LogP contribution in [0.4, 0.5) is 11.4 Å². The summed E-state index contributed by atoms with van der Waals surface area (Å²) in [4.78, 5) is 36.5. The third-order valence-electron chi connectivity index (χ3n) is 4.14. The molecule has 1 aliphatic rings. The molecule has 0 saturated carbocycles. The van der Waals surface area contributed by atoms with Crippen LogP contribution >= 0.6 is 11.8 Å². The van der Waals surface area contributed by atoms with Crippen LogP contribution in [0.25, 0.3) is 0 Å². The summed E-state index contributed by atoms with van der Waals surface area (Å²) in [6.07, 6.45) is 0.285. The van der Waals surface area contributed by atoms with Crippen molar-refractivity contribution >= 4 is 35.0 Å². The quantitative estimate of drug-likeness (QED) is 0.367. The summed E-state index contributed by atoms with van der Waals surface area (Å²) < 4.78 is 5.26. The lowest BCUT2D eigenvalue weighted by Gasteiger charge is -2.28. The Morgan fingerprint density at radius 1 is 1.41 bits per heavy atom. The Kier molecular flexibility index (Phi) is 7.86. The second-order valence-electron chi connectivity index (χ2n) is 5.91. The first kappa shape index (κ1) is 21.0. The number of ether oxygens (including phenoxy) is 1. The van der Waals surface area contributed by atoms with Crippen LogP contribution in [0.5, 0.6) is 0 Å². The third-order valence-corrected chi connectivity index (χ3v) is 5.08. The van der Waals surface area contributed by atoms with E-state index < -0.39 is 22.8 Å².